The second kappa shape index (κ2) is 18.6. The predicted molar refractivity (Wildman–Crippen MR) is 98.7 cm³/mol. The molecule has 0 aliphatic carbocycles. The summed E-state index contributed by atoms with van der Waals surface area (Å²) in [6.45, 7) is 5.93. The molecule has 24 heavy (non-hydrogen) atoms. The van der Waals surface area contributed by atoms with Crippen molar-refractivity contribution in [2.24, 2.45) is 0 Å². The number of carboxylic acids is 2. The number of rotatable bonds is 0. The van der Waals surface area contributed by atoms with Crippen molar-refractivity contribution in [1.82, 2.24) is 8.75 Å². The fraction of sp³-hybridized carbons (Fsp3) is 0.375. The minimum Gasteiger partial charge on any atom is -0.481 e. The molecule has 7 nitrogen and oxygen atoms in total. The van der Waals surface area contributed by atoms with Gasteiger partial charge in [0.05, 0.1) is 0 Å². The van der Waals surface area contributed by atoms with E-state index in [0.29, 0.717) is 5.69 Å². The number of benzene rings is 1. The van der Waals surface area contributed by atoms with Crippen LogP contribution in [0.1, 0.15) is 40.0 Å². The van der Waals surface area contributed by atoms with Crippen molar-refractivity contribution in [3.63, 3.8) is 0 Å². The first kappa shape index (κ1) is 29.5. The fourth-order valence-electron chi connectivity index (χ4n) is 0.782. The topological polar surface area (TPSA) is 120 Å². The number of aromatic nitrogens is 2. The molecule has 0 radical (unpaired) electrons. The number of hydrogen-bond donors (Lipinski definition) is 3. The molecule has 0 aliphatic heterocycles. The van der Waals surface area contributed by atoms with E-state index in [9.17, 15) is 4.79 Å². The first-order valence-corrected chi connectivity index (χ1v) is 6.85. The van der Waals surface area contributed by atoms with Crippen LogP contribution in [0.15, 0.2) is 35.1 Å². The van der Waals surface area contributed by atoms with E-state index in [0.717, 1.165) is 25.6 Å². The smallest absolute Gasteiger partial charge is 0.300 e. The van der Waals surface area contributed by atoms with Gasteiger partial charge < -0.3 is 10.2 Å². The molecule has 8 heteroatoms. The number of nitrogens with one attached hydrogen (secondary N) is 1. The molecule has 138 valence electrons. The minimum absolute atomic E-state index is 0. The van der Waals surface area contributed by atoms with Crippen LogP contribution in [-0.2, 0) is 9.59 Å². The number of aliphatic carboxylic acids is 2. The molecule has 0 saturated carbocycles. The molecule has 1 aromatic heterocycles. The van der Waals surface area contributed by atoms with E-state index in [4.69, 9.17) is 19.8 Å². The molecular formula is C16H28N2O5S. The van der Waals surface area contributed by atoms with E-state index in [1.54, 1.807) is 6.92 Å². The highest BCUT2D eigenvalue weighted by molar-refractivity contribution is 6.99. The van der Waals surface area contributed by atoms with E-state index < -0.39 is 11.9 Å². The Morgan fingerprint density at radius 2 is 1.38 bits per heavy atom. The third kappa shape index (κ3) is 27.8. The Labute approximate surface area is 147 Å². The molecule has 1 aromatic carbocycles. The molecule has 3 N–H and O–H groups in total. The summed E-state index contributed by atoms with van der Waals surface area (Å²) in [4.78, 5) is 28.3. The van der Waals surface area contributed by atoms with Crippen LogP contribution in [0.5, 0.6) is 0 Å². The van der Waals surface area contributed by atoms with Crippen molar-refractivity contribution >= 4 is 23.7 Å². The maximum atomic E-state index is 10.3. The third-order valence-electron chi connectivity index (χ3n) is 1.59. The molecule has 1 heterocycles. The number of carboxylic acid groups (broad SMARTS) is 2. The molecule has 0 spiro atoms. The van der Waals surface area contributed by atoms with Crippen molar-refractivity contribution < 1.29 is 19.8 Å². The van der Waals surface area contributed by atoms with E-state index in [1.807, 2.05) is 18.2 Å². The zero-order chi connectivity index (χ0) is 17.5. The summed E-state index contributed by atoms with van der Waals surface area (Å²) >= 11 is 1.08. The Bertz CT molecular complexity index is 574. The lowest BCUT2D eigenvalue weighted by atomic mass is 10.2. The lowest BCUT2D eigenvalue weighted by molar-refractivity contribution is -0.135. The molecule has 2 rings (SSSR count). The summed E-state index contributed by atoms with van der Waals surface area (Å²) in [5.74, 6) is -1.67. The van der Waals surface area contributed by atoms with Gasteiger partial charge in [-0.1, -0.05) is 50.7 Å². The molecule has 0 atom stereocenters. The van der Waals surface area contributed by atoms with Gasteiger partial charge in [-0.25, -0.2) is 0 Å². The molecule has 0 fully saturated rings. The molecular weight excluding hydrogens is 332 g/mol. The molecule has 0 saturated heterocycles. The van der Waals surface area contributed by atoms with Crippen LogP contribution in [-0.4, -0.2) is 30.9 Å². The second-order valence-corrected chi connectivity index (χ2v) is 4.46. The van der Waals surface area contributed by atoms with Gasteiger partial charge in [0, 0.05) is 25.6 Å². The van der Waals surface area contributed by atoms with Gasteiger partial charge in [-0.3, -0.25) is 18.8 Å². The summed E-state index contributed by atoms with van der Waals surface area (Å²) in [5.41, 5.74) is 1.79. The van der Waals surface area contributed by atoms with Gasteiger partial charge >= 0.3 is 0 Å². The van der Waals surface area contributed by atoms with Gasteiger partial charge in [0.15, 0.2) is 0 Å². The zero-order valence-electron chi connectivity index (χ0n) is 12.9. The van der Waals surface area contributed by atoms with Crippen molar-refractivity contribution in [3.05, 3.63) is 51.9 Å². The monoisotopic (exact) mass is 360 g/mol. The lowest BCUT2D eigenvalue weighted by Gasteiger charge is -1.82. The summed E-state index contributed by atoms with van der Waals surface area (Å²) < 4.78 is 6.13. The number of H-pyrrole nitrogens is 1. The Morgan fingerprint density at radius 3 is 1.50 bits per heavy atom. The molecule has 0 unspecified atom stereocenters. The predicted octanol–water partition coefficient (Wildman–Crippen LogP) is 3.59. The van der Waals surface area contributed by atoms with Gasteiger partial charge in [-0.05, 0) is 13.8 Å². The largest absolute Gasteiger partial charge is 0.481 e. The Hall–Kier alpha value is -2.48. The Morgan fingerprint density at radius 1 is 1.00 bits per heavy atom. The van der Waals surface area contributed by atoms with Gasteiger partial charge in [0.2, 0.25) is 0 Å². The quantitative estimate of drug-likeness (QED) is 0.660. The number of carbonyl (C=O) groups is 2. The van der Waals surface area contributed by atoms with E-state index in [-0.39, 0.29) is 20.4 Å². The highest BCUT2D eigenvalue weighted by Gasteiger charge is 1.89. The summed E-state index contributed by atoms with van der Waals surface area (Å²) in [7, 11) is 0. The highest BCUT2D eigenvalue weighted by Crippen LogP contribution is 1.92. The standard InChI is InChI=1S/C7H8.C3H4N2OS.2C2H4O2.2CH4/c1-7-5-3-2-4-6-7;1-2-3(6)5-7-4-2;2*1-2(3)4;;/h2-6H,1H3;1H3,(H,5,6);2*1H3,(H,3,4);2*1H4. The third-order valence-corrected chi connectivity index (χ3v) is 2.23. The number of aromatic amines is 1. The highest BCUT2D eigenvalue weighted by atomic mass is 32.1. The van der Waals surface area contributed by atoms with Crippen LogP contribution in [0.2, 0.25) is 0 Å². The number of hydrogen-bond acceptors (Lipinski definition) is 5. The maximum Gasteiger partial charge on any atom is 0.300 e. The van der Waals surface area contributed by atoms with Gasteiger partial charge in [0.25, 0.3) is 17.5 Å². The summed E-state index contributed by atoms with van der Waals surface area (Å²) in [5, 5.41) is 14.8. The molecule has 0 bridgehead atoms. The van der Waals surface area contributed by atoms with Gasteiger partial charge in [0.1, 0.15) is 5.69 Å². The van der Waals surface area contributed by atoms with Crippen LogP contribution in [0.3, 0.4) is 0 Å². The van der Waals surface area contributed by atoms with E-state index in [1.165, 1.54) is 5.56 Å². The molecule has 0 amide bonds. The average Bonchev–Trinajstić information content (AvgIpc) is 2.74. The summed E-state index contributed by atoms with van der Waals surface area (Å²) in [6.07, 6.45) is 0. The Balaban J connectivity index is -0.000000112. The van der Waals surface area contributed by atoms with Gasteiger partial charge in [-0.2, -0.15) is 4.37 Å². The lowest BCUT2D eigenvalue weighted by Crippen LogP contribution is -1.99. The van der Waals surface area contributed by atoms with Crippen LogP contribution in [0.25, 0.3) is 0 Å². The van der Waals surface area contributed by atoms with Crippen molar-refractivity contribution in [3.8, 4) is 0 Å². The Kier molecular flexibility index (Phi) is 22.8. The van der Waals surface area contributed by atoms with E-state index >= 15 is 0 Å². The maximum absolute atomic E-state index is 10.3. The number of nitrogens with zero attached hydrogens (tertiary/aromatic N) is 1. The molecule has 0 aliphatic rings. The second-order valence-electron chi connectivity index (χ2n) is 3.89. The van der Waals surface area contributed by atoms with Crippen LogP contribution in [0, 0.1) is 13.8 Å². The number of aryl methyl sites for hydroxylation is 2. The summed E-state index contributed by atoms with van der Waals surface area (Å²) in [6, 6.07) is 10.3. The first-order valence-electron chi connectivity index (χ1n) is 6.08. The van der Waals surface area contributed by atoms with Crippen LogP contribution in [0.4, 0.5) is 0 Å². The van der Waals surface area contributed by atoms with Crippen LogP contribution < -0.4 is 5.56 Å². The van der Waals surface area contributed by atoms with Crippen molar-refractivity contribution in [1.29, 1.82) is 0 Å². The fourth-order valence-corrected chi connectivity index (χ4v) is 1.28. The average molecular weight is 360 g/mol. The normalized spacial score (nSPS) is 7.33. The minimum atomic E-state index is -0.833. The molecule has 2 aromatic rings. The van der Waals surface area contributed by atoms with Crippen LogP contribution >= 0.6 is 11.7 Å². The first-order chi connectivity index (χ1) is 10.2. The zero-order valence-corrected chi connectivity index (χ0v) is 13.7. The van der Waals surface area contributed by atoms with Gasteiger partial charge in [-0.15, -0.1) is 0 Å². The van der Waals surface area contributed by atoms with Crippen molar-refractivity contribution in [2.45, 2.75) is 42.5 Å². The SMILES string of the molecule is C.C.CC(=O)O.CC(=O)O.Cc1ccccc1.Cc1ns[nH]c1=O. The van der Waals surface area contributed by atoms with Crippen molar-refractivity contribution in [2.75, 3.05) is 0 Å². The van der Waals surface area contributed by atoms with E-state index in [2.05, 4.69) is 27.8 Å².